The van der Waals surface area contributed by atoms with Crippen molar-refractivity contribution in [3.8, 4) is 5.75 Å². The maximum Gasteiger partial charge on any atom is 0.315 e. The minimum atomic E-state index is -3.64. The molecule has 0 bridgehead atoms. The van der Waals surface area contributed by atoms with Crippen molar-refractivity contribution in [3.63, 3.8) is 0 Å². The number of rotatable bonds is 7. The Hall–Kier alpha value is -2.66. The van der Waals surface area contributed by atoms with Crippen molar-refractivity contribution in [2.75, 3.05) is 24.3 Å². The van der Waals surface area contributed by atoms with Crippen molar-refractivity contribution >= 4 is 33.3 Å². The van der Waals surface area contributed by atoms with Gasteiger partial charge in [0.15, 0.2) is 5.60 Å². The summed E-state index contributed by atoms with van der Waals surface area (Å²) >= 11 is 5.95. The number of alkyl halides is 2. The van der Waals surface area contributed by atoms with Crippen LogP contribution < -0.4 is 20.1 Å². The Balaban J connectivity index is 1.69. The fourth-order valence-corrected chi connectivity index (χ4v) is 4.04. The summed E-state index contributed by atoms with van der Waals surface area (Å²) in [6.45, 7) is -2.26. The summed E-state index contributed by atoms with van der Waals surface area (Å²) in [5.41, 5.74) is -1.06. The quantitative estimate of drug-likeness (QED) is 0.548. The molecule has 32 heavy (non-hydrogen) atoms. The first-order valence-corrected chi connectivity index (χ1v) is 11.7. The van der Waals surface area contributed by atoms with Gasteiger partial charge in [-0.3, -0.25) is 4.72 Å². The molecule has 0 saturated heterocycles. The average Bonchev–Trinajstić information content (AvgIpc) is 2.72. The van der Waals surface area contributed by atoms with Gasteiger partial charge in [-0.25, -0.2) is 26.4 Å². The molecule has 3 N–H and O–H groups in total. The van der Waals surface area contributed by atoms with Crippen molar-refractivity contribution in [2.24, 2.45) is 0 Å². The van der Waals surface area contributed by atoms with E-state index in [-0.39, 0.29) is 24.4 Å². The first-order chi connectivity index (χ1) is 15.0. The van der Waals surface area contributed by atoms with Crippen LogP contribution in [0.15, 0.2) is 36.4 Å². The Morgan fingerprint density at radius 1 is 1.22 bits per heavy atom. The molecule has 0 aliphatic carbocycles. The van der Waals surface area contributed by atoms with Crippen molar-refractivity contribution in [1.29, 1.82) is 0 Å². The number of amides is 2. The number of urea groups is 1. The molecule has 0 fully saturated rings. The molecule has 0 radical (unpaired) electrons. The summed E-state index contributed by atoms with van der Waals surface area (Å²) in [5, 5.41) is 5.51. The highest BCUT2D eigenvalue weighted by Crippen LogP contribution is 2.41. The summed E-state index contributed by atoms with van der Waals surface area (Å²) in [7, 11) is -3.64. The first-order valence-electron chi connectivity index (χ1n) is 9.45. The molecular weight excluding hydrogens is 471 g/mol. The smallest absolute Gasteiger partial charge is 0.315 e. The topological polar surface area (TPSA) is 96.5 Å². The number of anilines is 1. The zero-order valence-electron chi connectivity index (χ0n) is 16.9. The molecule has 1 aliphatic heterocycles. The van der Waals surface area contributed by atoms with E-state index in [0.29, 0.717) is 16.1 Å². The van der Waals surface area contributed by atoms with E-state index in [2.05, 4.69) is 10.6 Å². The summed E-state index contributed by atoms with van der Waals surface area (Å²) in [6.07, 6.45) is 0.762. The maximum absolute atomic E-state index is 14.1. The van der Waals surface area contributed by atoms with Crippen molar-refractivity contribution in [3.05, 3.63) is 58.4 Å². The summed E-state index contributed by atoms with van der Waals surface area (Å²) in [4.78, 5) is 12.4. The molecule has 0 saturated carbocycles. The Morgan fingerprint density at radius 3 is 2.56 bits per heavy atom. The van der Waals surface area contributed by atoms with Gasteiger partial charge < -0.3 is 15.4 Å². The molecule has 0 spiro atoms. The SMILES string of the molecule is CS(=O)(=O)Nc1ccc(CNC(=O)N[C@@H]2CC(CF)(CF)Oc3cc(Cl)ccc32)cc1F. The molecular formula is C20H21ClF3N3O4S. The van der Waals surface area contributed by atoms with Gasteiger partial charge in [0, 0.05) is 23.6 Å². The highest BCUT2D eigenvalue weighted by Gasteiger charge is 2.42. The molecule has 2 aromatic rings. The second-order valence-electron chi connectivity index (χ2n) is 7.51. The van der Waals surface area contributed by atoms with Gasteiger partial charge in [-0.2, -0.15) is 0 Å². The molecule has 1 atom stereocenters. The zero-order valence-corrected chi connectivity index (χ0v) is 18.5. The fourth-order valence-electron chi connectivity index (χ4n) is 3.31. The van der Waals surface area contributed by atoms with E-state index in [4.69, 9.17) is 16.3 Å². The van der Waals surface area contributed by atoms with Crippen molar-refractivity contribution in [2.45, 2.75) is 24.6 Å². The molecule has 2 amide bonds. The minimum absolute atomic E-state index is 0.0734. The molecule has 2 aromatic carbocycles. The molecule has 174 valence electrons. The lowest BCUT2D eigenvalue weighted by atomic mass is 9.88. The normalized spacial score (nSPS) is 17.1. The van der Waals surface area contributed by atoms with Gasteiger partial charge in [-0.1, -0.05) is 23.7 Å². The number of carbonyl (C=O) groups is 1. The van der Waals surface area contributed by atoms with E-state index in [1.807, 2.05) is 4.72 Å². The minimum Gasteiger partial charge on any atom is -0.481 e. The molecule has 7 nitrogen and oxygen atoms in total. The highest BCUT2D eigenvalue weighted by molar-refractivity contribution is 7.92. The second kappa shape index (κ2) is 9.45. The Labute approximate surface area is 188 Å². The van der Waals surface area contributed by atoms with Gasteiger partial charge in [-0.15, -0.1) is 0 Å². The second-order valence-corrected chi connectivity index (χ2v) is 9.69. The van der Waals surface area contributed by atoms with E-state index in [0.717, 1.165) is 12.3 Å². The molecule has 0 unspecified atom stereocenters. The van der Waals surface area contributed by atoms with E-state index in [1.165, 1.54) is 18.2 Å². The van der Waals surface area contributed by atoms with Crippen LogP contribution in [0.5, 0.6) is 5.75 Å². The van der Waals surface area contributed by atoms with Crippen LogP contribution in [-0.2, 0) is 16.6 Å². The molecule has 0 aromatic heterocycles. The van der Waals surface area contributed by atoms with Gasteiger partial charge in [0.25, 0.3) is 0 Å². The Kier molecular flexibility index (Phi) is 7.09. The number of carbonyl (C=O) groups excluding carboxylic acids is 1. The van der Waals surface area contributed by atoms with E-state index < -0.39 is 46.9 Å². The maximum atomic E-state index is 14.1. The van der Waals surface area contributed by atoms with Crippen LogP contribution in [0.4, 0.5) is 23.7 Å². The molecule has 12 heteroatoms. The first kappa shape index (κ1) is 24.0. The van der Waals surface area contributed by atoms with Crippen LogP contribution in [0.25, 0.3) is 0 Å². The van der Waals surface area contributed by atoms with Crippen LogP contribution in [0.2, 0.25) is 5.02 Å². The van der Waals surface area contributed by atoms with Crippen molar-refractivity contribution < 1.29 is 31.1 Å². The lowest BCUT2D eigenvalue weighted by Gasteiger charge is -2.39. The summed E-state index contributed by atoms with van der Waals surface area (Å²) in [6, 6.07) is 6.97. The van der Waals surface area contributed by atoms with E-state index in [1.54, 1.807) is 12.1 Å². The lowest BCUT2D eigenvalue weighted by Crippen LogP contribution is -2.49. The van der Waals surface area contributed by atoms with Crippen LogP contribution in [-0.4, -0.2) is 39.7 Å². The third kappa shape index (κ3) is 5.77. The Bertz CT molecular complexity index is 1110. The third-order valence-electron chi connectivity index (χ3n) is 4.83. The third-order valence-corrected chi connectivity index (χ3v) is 5.65. The predicted octanol–water partition coefficient (Wildman–Crippen LogP) is 3.85. The molecule has 1 heterocycles. The lowest BCUT2D eigenvalue weighted by molar-refractivity contribution is -0.0106. The zero-order chi connectivity index (χ0) is 23.5. The number of ether oxygens (including phenoxy) is 1. The fraction of sp³-hybridized carbons (Fsp3) is 0.350. The van der Waals surface area contributed by atoms with E-state index >= 15 is 0 Å². The summed E-state index contributed by atoms with van der Waals surface area (Å²) < 4.78 is 71.3. The number of hydrogen-bond acceptors (Lipinski definition) is 4. The average molecular weight is 492 g/mol. The van der Waals surface area contributed by atoms with Crippen LogP contribution in [0.1, 0.15) is 23.6 Å². The number of sulfonamides is 1. The van der Waals surface area contributed by atoms with E-state index in [9.17, 15) is 26.4 Å². The van der Waals surface area contributed by atoms with Gasteiger partial charge in [0.05, 0.1) is 18.0 Å². The van der Waals surface area contributed by atoms with Gasteiger partial charge >= 0.3 is 6.03 Å². The number of halogens is 4. The number of benzene rings is 2. The van der Waals surface area contributed by atoms with Crippen LogP contribution in [0.3, 0.4) is 0 Å². The van der Waals surface area contributed by atoms with Gasteiger partial charge in [-0.05, 0) is 29.8 Å². The molecule has 3 rings (SSSR count). The molecule has 1 aliphatic rings. The Morgan fingerprint density at radius 2 is 1.94 bits per heavy atom. The standard InChI is InChI=1S/C20H21ClF3N3O4S/c1-32(29,30)27-16-5-2-12(6-15(16)24)9-25-19(28)26-17-8-20(10-22,11-23)31-18-7-13(21)3-4-14(17)18/h2-7,17,27H,8-11H2,1H3,(H2,25,26,28)/t17-/m1/s1. The summed E-state index contributed by atoms with van der Waals surface area (Å²) in [5.74, 6) is -0.624. The largest absolute Gasteiger partial charge is 0.481 e. The van der Waals surface area contributed by atoms with Crippen LogP contribution in [0, 0.1) is 5.82 Å². The predicted molar refractivity (Wildman–Crippen MR) is 114 cm³/mol. The monoisotopic (exact) mass is 491 g/mol. The number of hydrogen-bond donors (Lipinski definition) is 3. The van der Waals surface area contributed by atoms with Gasteiger partial charge in [0.2, 0.25) is 10.0 Å². The van der Waals surface area contributed by atoms with Gasteiger partial charge in [0.1, 0.15) is 24.9 Å². The number of fused-ring (bicyclic) bond motifs is 1. The van der Waals surface area contributed by atoms with Crippen LogP contribution >= 0.6 is 11.6 Å². The van der Waals surface area contributed by atoms with Crippen molar-refractivity contribution in [1.82, 2.24) is 10.6 Å². The highest BCUT2D eigenvalue weighted by atomic mass is 35.5. The number of nitrogens with one attached hydrogen (secondary N) is 3.